The van der Waals surface area contributed by atoms with Crippen LogP contribution in [0, 0.1) is 0 Å². The monoisotopic (exact) mass is 620 g/mol. The minimum atomic E-state index is -0.341. The second-order valence-corrected chi connectivity index (χ2v) is 12.6. The normalized spacial score (nSPS) is 11.9. The van der Waals surface area contributed by atoms with Crippen molar-refractivity contribution in [2.45, 2.75) is 36.3 Å². The van der Waals surface area contributed by atoms with Gasteiger partial charge in [0.2, 0.25) is 0 Å². The lowest BCUT2D eigenvalue weighted by atomic mass is 9.98. The molecule has 0 bridgehead atoms. The van der Waals surface area contributed by atoms with Crippen molar-refractivity contribution in [1.29, 1.82) is 0 Å². The number of nitrogens with two attached hydrogens (primary N) is 3. The first-order valence-electron chi connectivity index (χ1n) is 15.6. The number of thioether (sulfide) groups is 1. The number of benzene rings is 7. The third-order valence-corrected chi connectivity index (χ3v) is 9.51. The third-order valence-electron chi connectivity index (χ3n) is 8.37. The van der Waals surface area contributed by atoms with Crippen molar-refractivity contribution >= 4 is 49.8 Å². The number of rotatable bonds is 8. The molecule has 0 saturated carbocycles. The van der Waals surface area contributed by atoms with E-state index in [0.717, 1.165) is 33.8 Å². The van der Waals surface area contributed by atoms with Gasteiger partial charge in [0, 0.05) is 28.6 Å². The van der Waals surface area contributed by atoms with E-state index in [2.05, 4.69) is 128 Å². The third kappa shape index (κ3) is 7.41. The smallest absolute Gasteiger partial charge is 0.0784 e. The molecule has 230 valence electrons. The minimum absolute atomic E-state index is 0.298. The maximum atomic E-state index is 6.81. The molecule has 5 heteroatoms. The Morgan fingerprint density at radius 2 is 1.17 bits per heavy atom. The molecule has 0 aliphatic rings. The van der Waals surface area contributed by atoms with Crippen LogP contribution in [0.2, 0.25) is 0 Å². The lowest BCUT2D eigenvalue weighted by Gasteiger charge is -2.15. The van der Waals surface area contributed by atoms with E-state index in [1.54, 1.807) is 0 Å². The summed E-state index contributed by atoms with van der Waals surface area (Å²) >= 11 is 1.81. The average Bonchev–Trinajstić information content (AvgIpc) is 3.11. The largest absolute Gasteiger partial charge is 0.397 e. The van der Waals surface area contributed by atoms with Gasteiger partial charge in [0.25, 0.3) is 0 Å². The summed E-state index contributed by atoms with van der Waals surface area (Å²) < 4.78 is 0. The Labute approximate surface area is 275 Å². The molecule has 0 aromatic heterocycles. The fraction of sp³-hybridized carbons (Fsp3) is 0.122. The van der Waals surface area contributed by atoms with Crippen LogP contribution >= 0.6 is 11.8 Å². The molecule has 7 N–H and O–H groups in total. The molecule has 46 heavy (non-hydrogen) atoms. The van der Waals surface area contributed by atoms with Crippen LogP contribution in [0.5, 0.6) is 0 Å². The first kappa shape index (κ1) is 31.3. The van der Waals surface area contributed by atoms with Crippen molar-refractivity contribution in [2.24, 2.45) is 11.5 Å². The molecule has 0 aliphatic carbocycles. The van der Waals surface area contributed by atoms with Crippen molar-refractivity contribution in [3.63, 3.8) is 0 Å². The van der Waals surface area contributed by atoms with E-state index in [1.165, 1.54) is 43.6 Å². The maximum absolute atomic E-state index is 6.81. The summed E-state index contributed by atoms with van der Waals surface area (Å²) in [6, 6.07) is 51.2. The van der Waals surface area contributed by atoms with E-state index in [9.17, 15) is 0 Å². The van der Waals surface area contributed by atoms with Crippen molar-refractivity contribution in [3.8, 4) is 0 Å². The number of hydrogen-bond acceptors (Lipinski definition) is 5. The van der Waals surface area contributed by atoms with Gasteiger partial charge < -0.3 is 22.5 Å². The van der Waals surface area contributed by atoms with Crippen molar-refractivity contribution in [3.05, 3.63) is 168 Å². The van der Waals surface area contributed by atoms with Gasteiger partial charge in [-0.15, -0.1) is 11.8 Å². The highest BCUT2D eigenvalue weighted by molar-refractivity contribution is 7.98. The summed E-state index contributed by atoms with van der Waals surface area (Å²) in [4.78, 5) is 1.13. The van der Waals surface area contributed by atoms with Crippen LogP contribution in [0.15, 0.2) is 150 Å². The van der Waals surface area contributed by atoms with E-state index < -0.39 is 0 Å². The Bertz CT molecular complexity index is 2060. The molecule has 7 rings (SSSR count). The van der Waals surface area contributed by atoms with Gasteiger partial charge in [0.15, 0.2) is 0 Å². The molecule has 0 aliphatic heterocycles. The average molecular weight is 621 g/mol. The highest BCUT2D eigenvalue weighted by atomic mass is 32.2. The second kappa shape index (κ2) is 14.6. The molecule has 0 heterocycles. The van der Waals surface area contributed by atoms with Crippen LogP contribution < -0.4 is 22.5 Å². The van der Waals surface area contributed by atoms with Gasteiger partial charge in [-0.25, -0.2) is 0 Å². The second-order valence-electron chi connectivity index (χ2n) is 11.6. The quantitative estimate of drug-likeness (QED) is 0.0588. The highest BCUT2D eigenvalue weighted by Gasteiger charge is 2.11. The SMILES string of the molecule is CC(NCc1ccc2c(ccc3ccc(SCc4ccc5ccccc5c4)c(N)c32)c1)c1ccccc1.NC(N)c1ccccc1. The van der Waals surface area contributed by atoms with Gasteiger partial charge in [-0.1, -0.05) is 133 Å². The predicted octanol–water partition coefficient (Wildman–Crippen LogP) is 9.47. The lowest BCUT2D eigenvalue weighted by Crippen LogP contribution is -2.19. The predicted molar refractivity (Wildman–Crippen MR) is 199 cm³/mol. The summed E-state index contributed by atoms with van der Waals surface area (Å²) in [5.41, 5.74) is 23.3. The van der Waals surface area contributed by atoms with Gasteiger partial charge in [-0.05, 0) is 68.2 Å². The molecule has 1 atom stereocenters. The summed E-state index contributed by atoms with van der Waals surface area (Å²) in [6.07, 6.45) is -0.341. The fourth-order valence-corrected chi connectivity index (χ4v) is 6.67. The molecule has 7 aromatic rings. The van der Waals surface area contributed by atoms with E-state index >= 15 is 0 Å². The molecule has 0 fully saturated rings. The highest BCUT2D eigenvalue weighted by Crippen LogP contribution is 2.38. The Morgan fingerprint density at radius 3 is 1.89 bits per heavy atom. The van der Waals surface area contributed by atoms with E-state index in [1.807, 2.05) is 42.1 Å². The molecule has 0 saturated heterocycles. The van der Waals surface area contributed by atoms with Gasteiger partial charge >= 0.3 is 0 Å². The van der Waals surface area contributed by atoms with E-state index in [4.69, 9.17) is 17.2 Å². The first-order chi connectivity index (χ1) is 22.5. The van der Waals surface area contributed by atoms with Crippen LogP contribution in [-0.2, 0) is 12.3 Å². The van der Waals surface area contributed by atoms with E-state index in [-0.39, 0.29) is 6.17 Å². The van der Waals surface area contributed by atoms with Gasteiger partial charge in [0.05, 0.1) is 11.9 Å². The van der Waals surface area contributed by atoms with Gasteiger partial charge in [0.1, 0.15) is 0 Å². The molecule has 4 nitrogen and oxygen atoms in total. The fourth-order valence-electron chi connectivity index (χ4n) is 5.75. The number of nitrogen functional groups attached to an aromatic ring is 1. The van der Waals surface area contributed by atoms with Crippen LogP contribution in [0.3, 0.4) is 0 Å². The summed E-state index contributed by atoms with van der Waals surface area (Å²) in [6.45, 7) is 3.03. The number of fused-ring (bicyclic) bond motifs is 4. The molecule has 1 unspecified atom stereocenters. The van der Waals surface area contributed by atoms with Crippen LogP contribution in [0.1, 0.15) is 41.4 Å². The van der Waals surface area contributed by atoms with Crippen molar-refractivity contribution in [1.82, 2.24) is 5.32 Å². The Hall–Kier alpha value is -4.65. The zero-order chi connectivity index (χ0) is 31.9. The molecule has 0 amide bonds. The zero-order valence-electron chi connectivity index (χ0n) is 26.1. The Balaban J connectivity index is 0.000000358. The van der Waals surface area contributed by atoms with Crippen molar-refractivity contribution < 1.29 is 0 Å². The lowest BCUT2D eigenvalue weighted by molar-refractivity contribution is 0.575. The summed E-state index contributed by atoms with van der Waals surface area (Å²) in [7, 11) is 0. The van der Waals surface area contributed by atoms with Crippen LogP contribution in [0.4, 0.5) is 5.69 Å². The maximum Gasteiger partial charge on any atom is 0.0784 e. The van der Waals surface area contributed by atoms with Gasteiger partial charge in [-0.3, -0.25) is 0 Å². The van der Waals surface area contributed by atoms with E-state index in [0.29, 0.717) is 6.04 Å². The Morgan fingerprint density at radius 1 is 0.587 bits per heavy atom. The van der Waals surface area contributed by atoms with Crippen molar-refractivity contribution in [2.75, 3.05) is 5.73 Å². The van der Waals surface area contributed by atoms with Crippen LogP contribution in [0.25, 0.3) is 32.3 Å². The molecular formula is C41H40N4S. The standard InChI is InChI=1S/C34H30N2S.C7H10N2/c1-23(26-7-3-2-4-8-26)36-21-24-12-17-31-30(19-24)15-14-28-16-18-32(34(35)33(28)31)37-22-25-11-13-27-9-5-6-10-29(27)20-25;8-7(9)6-4-2-1-3-5-6/h2-20,23,36H,21-22,35H2,1H3;1-5,7H,8-9H2. The topological polar surface area (TPSA) is 90.1 Å². The Kier molecular flexibility index (Phi) is 9.97. The molecule has 0 spiro atoms. The van der Waals surface area contributed by atoms with Crippen LogP contribution in [-0.4, -0.2) is 0 Å². The first-order valence-corrected chi connectivity index (χ1v) is 16.6. The molecule has 0 radical (unpaired) electrons. The number of anilines is 1. The number of hydrogen-bond donors (Lipinski definition) is 4. The summed E-state index contributed by atoms with van der Waals surface area (Å²) in [5.74, 6) is 0.890. The molecular weight excluding hydrogens is 581 g/mol. The zero-order valence-corrected chi connectivity index (χ0v) is 26.9. The van der Waals surface area contributed by atoms with Gasteiger partial charge in [-0.2, -0.15) is 0 Å². The summed E-state index contributed by atoms with van der Waals surface area (Å²) in [5, 5.41) is 11.0. The molecule has 7 aromatic carbocycles. The minimum Gasteiger partial charge on any atom is -0.397 e. The number of nitrogens with one attached hydrogen (secondary N) is 1.